The van der Waals surface area contributed by atoms with E-state index in [0.29, 0.717) is 11.8 Å². The topological polar surface area (TPSA) is 67.8 Å². The zero-order valence-electron chi connectivity index (χ0n) is 10.7. The number of rotatable bonds is 6. The Hall–Kier alpha value is -0.580. The number of fused-ring (bicyclic) bond motifs is 2. The summed E-state index contributed by atoms with van der Waals surface area (Å²) in [6.07, 6.45) is -1.81. The Bertz CT molecular complexity index is 393. The highest BCUT2D eigenvalue weighted by Gasteiger charge is 2.66. The molecule has 2 fully saturated rings. The normalized spacial score (nSPS) is 31.2. The van der Waals surface area contributed by atoms with Crippen molar-refractivity contribution in [3.05, 3.63) is 0 Å². The quantitative estimate of drug-likeness (QED) is 0.244. The summed E-state index contributed by atoms with van der Waals surface area (Å²) in [7, 11) is 0. The molecule has 2 bridgehead atoms. The summed E-state index contributed by atoms with van der Waals surface area (Å²) in [4.78, 5) is 11.4. The minimum absolute atomic E-state index is 0.0353. The van der Waals surface area contributed by atoms with Crippen LogP contribution in [0.4, 0.5) is 17.6 Å². The molecule has 2 saturated carbocycles. The molecule has 0 saturated heterocycles. The van der Waals surface area contributed by atoms with Crippen LogP contribution in [0.1, 0.15) is 25.7 Å². The van der Waals surface area contributed by atoms with Crippen molar-refractivity contribution >= 4 is 18.0 Å². The van der Waals surface area contributed by atoms with Crippen LogP contribution in [0, 0.1) is 17.8 Å². The van der Waals surface area contributed by atoms with Gasteiger partial charge in [-0.3, -0.25) is 5.04 Å². The Kier molecular flexibility index (Phi) is 5.01. The molecule has 0 aromatic heterocycles. The van der Waals surface area contributed by atoms with Gasteiger partial charge in [-0.05, 0) is 37.0 Å². The van der Waals surface area contributed by atoms with Gasteiger partial charge >= 0.3 is 17.1 Å². The second kappa shape index (κ2) is 6.27. The zero-order chi connectivity index (χ0) is 15.7. The van der Waals surface area contributed by atoms with E-state index in [1.54, 1.807) is 0 Å². The fourth-order valence-corrected chi connectivity index (χ4v) is 3.46. The van der Waals surface area contributed by atoms with Gasteiger partial charge in [-0.2, -0.15) is 17.5 Å². The molecule has 0 radical (unpaired) electrons. The standard InChI is InChI=1S/C11H14F4O5S/c12-10(11(13,14)15,21-20-19-17)9(16)18-5-8-4-6-1-2-7(8)3-6/h6-8,17H,1-5H2/p-1. The second-order valence-electron chi connectivity index (χ2n) is 5.35. The van der Waals surface area contributed by atoms with Gasteiger partial charge in [-0.15, -0.1) is 0 Å². The number of hydrogen-bond donors (Lipinski definition) is 0. The molecule has 0 spiro atoms. The molecular weight excluding hydrogens is 320 g/mol. The van der Waals surface area contributed by atoms with Gasteiger partial charge in [0.05, 0.1) is 18.6 Å². The van der Waals surface area contributed by atoms with Crippen LogP contribution in [-0.4, -0.2) is 23.8 Å². The largest absolute Gasteiger partial charge is 0.691 e. The smallest absolute Gasteiger partial charge is 0.446 e. The van der Waals surface area contributed by atoms with Crippen LogP contribution >= 0.6 is 12.0 Å². The van der Waals surface area contributed by atoms with Crippen molar-refractivity contribution in [2.75, 3.05) is 6.61 Å². The molecule has 5 nitrogen and oxygen atoms in total. The first-order valence-corrected chi connectivity index (χ1v) is 7.09. The summed E-state index contributed by atoms with van der Waals surface area (Å²) in [5, 5.41) is 7.73. The summed E-state index contributed by atoms with van der Waals surface area (Å²) in [6.45, 7) is -0.263. The van der Waals surface area contributed by atoms with Gasteiger partial charge < -0.3 is 9.99 Å². The van der Waals surface area contributed by atoms with E-state index in [0.717, 1.165) is 25.7 Å². The molecule has 2 aliphatic rings. The lowest BCUT2D eigenvalue weighted by atomic mass is 9.89. The second-order valence-corrected chi connectivity index (χ2v) is 6.21. The molecule has 0 N–H and O–H groups in total. The molecule has 0 aromatic carbocycles. The van der Waals surface area contributed by atoms with Crippen molar-refractivity contribution in [1.82, 2.24) is 0 Å². The first-order valence-electron chi connectivity index (χ1n) is 6.35. The van der Waals surface area contributed by atoms with Crippen LogP contribution in [0.2, 0.25) is 0 Å². The minimum Gasteiger partial charge on any atom is -0.691 e. The van der Waals surface area contributed by atoms with Gasteiger partial charge in [0.1, 0.15) is 0 Å². The maximum Gasteiger partial charge on any atom is 0.446 e. The monoisotopic (exact) mass is 333 g/mol. The van der Waals surface area contributed by atoms with Gasteiger partial charge in [-0.1, -0.05) is 6.42 Å². The lowest BCUT2D eigenvalue weighted by Crippen LogP contribution is -2.47. The third-order valence-electron chi connectivity index (χ3n) is 4.12. The van der Waals surface area contributed by atoms with Crippen LogP contribution in [0.15, 0.2) is 0 Å². The van der Waals surface area contributed by atoms with Crippen molar-refractivity contribution in [2.45, 2.75) is 36.9 Å². The molecule has 0 aromatic rings. The number of esters is 1. The molecule has 0 heterocycles. The van der Waals surface area contributed by atoms with Gasteiger partial charge in [0.25, 0.3) is 0 Å². The predicted octanol–water partition coefficient (Wildman–Crippen LogP) is 2.07. The van der Waals surface area contributed by atoms with Crippen molar-refractivity contribution in [3.63, 3.8) is 0 Å². The number of carbonyl (C=O) groups is 1. The fourth-order valence-electron chi connectivity index (χ4n) is 3.11. The summed E-state index contributed by atoms with van der Waals surface area (Å²) < 4.78 is 59.4. The number of ether oxygens (including phenoxy) is 1. The first-order chi connectivity index (χ1) is 9.78. The molecule has 10 heteroatoms. The van der Waals surface area contributed by atoms with E-state index in [2.05, 4.69) is 14.1 Å². The van der Waals surface area contributed by atoms with E-state index in [1.165, 1.54) is 0 Å². The third-order valence-corrected chi connectivity index (χ3v) is 4.87. The van der Waals surface area contributed by atoms with Crippen LogP contribution in [-0.2, 0) is 18.9 Å². The van der Waals surface area contributed by atoms with Gasteiger partial charge in [0.15, 0.2) is 0 Å². The molecule has 0 aliphatic heterocycles. The van der Waals surface area contributed by atoms with Crippen LogP contribution < -0.4 is 5.26 Å². The molecule has 122 valence electrons. The Labute approximate surface area is 122 Å². The molecular formula is C11H13F4O5S-. The molecule has 4 unspecified atom stereocenters. The van der Waals surface area contributed by atoms with Crippen LogP contribution in [0.3, 0.4) is 0 Å². The lowest BCUT2D eigenvalue weighted by molar-refractivity contribution is -0.777. The summed E-state index contributed by atoms with van der Waals surface area (Å²) in [5.74, 6) is -1.34. The predicted molar refractivity (Wildman–Crippen MR) is 59.6 cm³/mol. The number of hydrogen-bond acceptors (Lipinski definition) is 6. The van der Waals surface area contributed by atoms with Crippen molar-refractivity contribution in [1.29, 1.82) is 0 Å². The number of halogens is 4. The van der Waals surface area contributed by atoms with E-state index >= 15 is 0 Å². The van der Waals surface area contributed by atoms with Crippen LogP contribution in [0.5, 0.6) is 0 Å². The van der Waals surface area contributed by atoms with E-state index in [4.69, 9.17) is 0 Å². The van der Waals surface area contributed by atoms with Crippen LogP contribution in [0.25, 0.3) is 0 Å². The Balaban J connectivity index is 1.92. The maximum atomic E-state index is 13.8. The molecule has 0 amide bonds. The average Bonchev–Trinajstić information content (AvgIpc) is 3.03. The number of carbonyl (C=O) groups excluding carboxylic acids is 1. The molecule has 2 aliphatic carbocycles. The first kappa shape index (κ1) is 16.8. The fraction of sp³-hybridized carbons (Fsp3) is 0.909. The van der Waals surface area contributed by atoms with Crippen molar-refractivity contribution in [3.8, 4) is 0 Å². The van der Waals surface area contributed by atoms with E-state index in [9.17, 15) is 27.6 Å². The van der Waals surface area contributed by atoms with E-state index in [1.807, 2.05) is 0 Å². The van der Waals surface area contributed by atoms with Gasteiger partial charge in [0, 0.05) is 0 Å². The number of alkyl halides is 4. The van der Waals surface area contributed by atoms with Crippen molar-refractivity contribution < 1.29 is 41.7 Å². The average molecular weight is 333 g/mol. The highest BCUT2D eigenvalue weighted by molar-refractivity contribution is 7.96. The highest BCUT2D eigenvalue weighted by Crippen LogP contribution is 2.49. The lowest BCUT2D eigenvalue weighted by Gasteiger charge is -2.26. The van der Waals surface area contributed by atoms with Crippen molar-refractivity contribution in [2.24, 2.45) is 17.8 Å². The Morgan fingerprint density at radius 2 is 1.95 bits per heavy atom. The molecule has 2 rings (SSSR count). The Morgan fingerprint density at radius 3 is 2.43 bits per heavy atom. The van der Waals surface area contributed by atoms with E-state index in [-0.39, 0.29) is 12.5 Å². The van der Waals surface area contributed by atoms with E-state index < -0.39 is 29.2 Å². The zero-order valence-corrected chi connectivity index (χ0v) is 11.5. The summed E-state index contributed by atoms with van der Waals surface area (Å²) in [6, 6.07) is 0. The molecule has 21 heavy (non-hydrogen) atoms. The third kappa shape index (κ3) is 3.43. The summed E-state index contributed by atoms with van der Waals surface area (Å²) in [5.41, 5.74) is 0. The highest BCUT2D eigenvalue weighted by atomic mass is 32.2. The SMILES string of the molecule is O=C(OCC1CC2CCC1C2)C(F)(SOO[O-])C(F)(F)F. The van der Waals surface area contributed by atoms with Gasteiger partial charge in [0.2, 0.25) is 0 Å². The maximum absolute atomic E-state index is 13.8. The van der Waals surface area contributed by atoms with Gasteiger partial charge in [-0.25, -0.2) is 9.18 Å². The summed E-state index contributed by atoms with van der Waals surface area (Å²) >= 11 is -1.06. The minimum atomic E-state index is -5.60. The Morgan fingerprint density at radius 1 is 1.24 bits per heavy atom. The molecule has 4 atom stereocenters.